The summed E-state index contributed by atoms with van der Waals surface area (Å²) in [4.78, 5) is 7.28. The maximum absolute atomic E-state index is 4.97. The van der Waals surface area contributed by atoms with E-state index in [9.17, 15) is 0 Å². The number of halogens is 1. The quantitative estimate of drug-likeness (QED) is 0.167. The lowest BCUT2D eigenvalue weighted by Gasteiger charge is -2.26. The number of benzene rings is 7. The molecule has 0 aliphatic rings. The van der Waals surface area contributed by atoms with Gasteiger partial charge in [-0.25, -0.2) is 4.98 Å². The van der Waals surface area contributed by atoms with Crippen LogP contribution in [0.1, 0.15) is 0 Å². The molecule has 0 saturated heterocycles. The fourth-order valence-corrected chi connectivity index (χ4v) is 6.79. The normalized spacial score (nSPS) is 11.0. The van der Waals surface area contributed by atoms with Crippen LogP contribution in [0.4, 0.5) is 17.1 Å². The molecule has 0 saturated carbocycles. The first-order valence-corrected chi connectivity index (χ1v) is 16.9. The Bertz CT molecular complexity index is 2300. The molecule has 0 fully saturated rings. The van der Waals surface area contributed by atoms with Crippen LogP contribution in [0, 0.1) is 0 Å². The first kappa shape index (κ1) is 29.6. The Kier molecular flexibility index (Phi) is 8.12. The minimum Gasteiger partial charge on any atom is -0.311 e. The van der Waals surface area contributed by atoms with E-state index in [1.807, 2.05) is 12.1 Å². The van der Waals surface area contributed by atoms with Gasteiger partial charge < -0.3 is 4.90 Å². The van der Waals surface area contributed by atoms with E-state index in [2.05, 4.69) is 197 Å². The third-order valence-corrected chi connectivity index (χ3v) is 9.36. The van der Waals surface area contributed by atoms with Crippen LogP contribution < -0.4 is 4.90 Å². The number of hydrogen-bond acceptors (Lipinski definition) is 2. The minimum absolute atomic E-state index is 0.932. The largest absolute Gasteiger partial charge is 0.311 e. The molecule has 1 aromatic heterocycles. The van der Waals surface area contributed by atoms with Gasteiger partial charge in [-0.1, -0.05) is 140 Å². The minimum atomic E-state index is 0.932. The predicted octanol–water partition coefficient (Wildman–Crippen LogP) is 13.1. The molecule has 3 heteroatoms. The second-order valence-corrected chi connectivity index (χ2v) is 12.7. The first-order valence-electron chi connectivity index (χ1n) is 16.1. The van der Waals surface area contributed by atoms with E-state index in [4.69, 9.17) is 4.98 Å². The van der Waals surface area contributed by atoms with Gasteiger partial charge in [0.1, 0.15) is 0 Å². The Morgan fingerprint density at radius 2 is 0.708 bits per heavy atom. The Morgan fingerprint density at radius 3 is 1.17 bits per heavy atom. The highest BCUT2D eigenvalue weighted by atomic mass is 79.9. The van der Waals surface area contributed by atoms with E-state index in [1.165, 1.54) is 33.4 Å². The summed E-state index contributed by atoms with van der Waals surface area (Å²) in [6.45, 7) is 0. The average Bonchev–Trinajstić information content (AvgIpc) is 3.16. The SMILES string of the molecule is Brc1cc2ccccc2nc1-c1ccc(N(c2ccc(-c3ccccc3)cc2)c2ccc(-c3ccc(-c4ccccc4)cc3)cc2)cc1. The molecule has 0 radical (unpaired) electrons. The fraction of sp³-hybridized carbons (Fsp3) is 0. The zero-order valence-electron chi connectivity index (χ0n) is 26.2. The van der Waals surface area contributed by atoms with Crippen molar-refractivity contribution in [3.05, 3.63) is 193 Å². The number of hydrogen-bond donors (Lipinski definition) is 0. The van der Waals surface area contributed by atoms with Gasteiger partial charge in [0.15, 0.2) is 0 Å². The molecular weight excluding hydrogens is 648 g/mol. The van der Waals surface area contributed by atoms with Crippen LogP contribution in [-0.2, 0) is 0 Å². The van der Waals surface area contributed by atoms with Gasteiger partial charge in [0, 0.05) is 32.5 Å². The second kappa shape index (κ2) is 13.2. The Labute approximate surface area is 289 Å². The zero-order chi connectivity index (χ0) is 32.3. The molecule has 8 rings (SSSR count). The van der Waals surface area contributed by atoms with Gasteiger partial charge in [-0.2, -0.15) is 0 Å². The number of aromatic nitrogens is 1. The number of para-hydroxylation sites is 1. The van der Waals surface area contributed by atoms with Crippen molar-refractivity contribution in [1.29, 1.82) is 0 Å². The molecule has 0 spiro atoms. The molecule has 7 aromatic carbocycles. The molecule has 0 amide bonds. The lowest BCUT2D eigenvalue weighted by Crippen LogP contribution is -2.09. The van der Waals surface area contributed by atoms with Crippen LogP contribution in [0.5, 0.6) is 0 Å². The molecule has 0 unspecified atom stereocenters. The van der Waals surface area contributed by atoms with Crippen molar-refractivity contribution in [3.63, 3.8) is 0 Å². The lowest BCUT2D eigenvalue weighted by molar-refractivity contribution is 1.28. The standard InChI is InChI=1S/C45H31BrN2/c46-43-31-39-13-7-8-14-44(39)47-45(43)38-23-29-42(30-24-38)48(40-25-19-36(20-26-40)33-11-5-2-6-12-33)41-27-21-37(22-28-41)35-17-15-34(16-18-35)32-9-3-1-4-10-32/h1-31H. The summed E-state index contributed by atoms with van der Waals surface area (Å²) >= 11 is 3.77. The number of rotatable bonds is 7. The van der Waals surface area contributed by atoms with Crippen LogP contribution in [0.15, 0.2) is 193 Å². The molecule has 0 atom stereocenters. The van der Waals surface area contributed by atoms with E-state index in [0.717, 1.165) is 43.7 Å². The van der Waals surface area contributed by atoms with Gasteiger partial charge in [0.2, 0.25) is 0 Å². The third kappa shape index (κ3) is 6.04. The number of nitrogens with zero attached hydrogens (tertiary/aromatic N) is 2. The number of anilines is 3. The van der Waals surface area contributed by atoms with Crippen molar-refractivity contribution in [2.24, 2.45) is 0 Å². The summed E-state index contributed by atoms with van der Waals surface area (Å²) in [6, 6.07) is 66.5. The Hall–Kier alpha value is -5.77. The number of pyridine rings is 1. The highest BCUT2D eigenvalue weighted by molar-refractivity contribution is 9.10. The maximum Gasteiger partial charge on any atom is 0.0851 e. The molecular formula is C45H31BrN2. The van der Waals surface area contributed by atoms with Crippen molar-refractivity contribution in [1.82, 2.24) is 4.98 Å². The highest BCUT2D eigenvalue weighted by Gasteiger charge is 2.15. The first-order chi connectivity index (χ1) is 23.7. The van der Waals surface area contributed by atoms with Crippen LogP contribution in [0.3, 0.4) is 0 Å². The van der Waals surface area contributed by atoms with Crippen LogP contribution in [0.2, 0.25) is 0 Å². The van der Waals surface area contributed by atoms with E-state index in [0.29, 0.717) is 0 Å². The maximum atomic E-state index is 4.97. The van der Waals surface area contributed by atoms with Crippen molar-refractivity contribution in [2.75, 3.05) is 4.90 Å². The topological polar surface area (TPSA) is 16.1 Å². The van der Waals surface area contributed by atoms with Crippen molar-refractivity contribution in [3.8, 4) is 44.6 Å². The molecule has 2 nitrogen and oxygen atoms in total. The third-order valence-electron chi connectivity index (χ3n) is 8.76. The molecule has 0 aliphatic heterocycles. The number of fused-ring (bicyclic) bond motifs is 1. The van der Waals surface area contributed by atoms with Crippen LogP contribution >= 0.6 is 15.9 Å². The van der Waals surface area contributed by atoms with Crippen molar-refractivity contribution < 1.29 is 0 Å². The summed E-state index contributed by atoms with van der Waals surface area (Å²) in [7, 11) is 0. The summed E-state index contributed by atoms with van der Waals surface area (Å²) < 4.78 is 0.981. The molecule has 0 N–H and O–H groups in total. The fourth-order valence-electron chi connectivity index (χ4n) is 6.23. The van der Waals surface area contributed by atoms with Gasteiger partial charge in [-0.05, 0) is 97.8 Å². The Morgan fingerprint density at radius 1 is 0.354 bits per heavy atom. The highest BCUT2D eigenvalue weighted by Crippen LogP contribution is 2.38. The van der Waals surface area contributed by atoms with Gasteiger partial charge in [0.25, 0.3) is 0 Å². The molecule has 0 aliphatic carbocycles. The second-order valence-electron chi connectivity index (χ2n) is 11.8. The predicted molar refractivity (Wildman–Crippen MR) is 206 cm³/mol. The van der Waals surface area contributed by atoms with E-state index in [-0.39, 0.29) is 0 Å². The zero-order valence-corrected chi connectivity index (χ0v) is 27.8. The molecule has 1 heterocycles. The molecule has 228 valence electrons. The monoisotopic (exact) mass is 678 g/mol. The lowest BCUT2D eigenvalue weighted by atomic mass is 10.00. The molecule has 48 heavy (non-hydrogen) atoms. The van der Waals surface area contributed by atoms with Crippen molar-refractivity contribution >= 4 is 43.9 Å². The van der Waals surface area contributed by atoms with E-state index < -0.39 is 0 Å². The summed E-state index contributed by atoms with van der Waals surface area (Å²) in [5.74, 6) is 0. The smallest absolute Gasteiger partial charge is 0.0851 e. The molecule has 8 aromatic rings. The Balaban J connectivity index is 1.14. The van der Waals surface area contributed by atoms with E-state index in [1.54, 1.807) is 0 Å². The van der Waals surface area contributed by atoms with E-state index >= 15 is 0 Å². The summed E-state index contributed by atoms with van der Waals surface area (Å²) in [6.07, 6.45) is 0. The summed E-state index contributed by atoms with van der Waals surface area (Å²) in [5.41, 5.74) is 13.4. The van der Waals surface area contributed by atoms with Gasteiger partial charge in [0.05, 0.1) is 11.2 Å². The van der Waals surface area contributed by atoms with Crippen LogP contribution in [-0.4, -0.2) is 4.98 Å². The molecule has 0 bridgehead atoms. The summed E-state index contributed by atoms with van der Waals surface area (Å²) in [5, 5.41) is 1.12. The average molecular weight is 680 g/mol. The van der Waals surface area contributed by atoms with Crippen LogP contribution in [0.25, 0.3) is 55.5 Å². The van der Waals surface area contributed by atoms with Gasteiger partial charge in [-0.3, -0.25) is 0 Å². The van der Waals surface area contributed by atoms with Gasteiger partial charge >= 0.3 is 0 Å². The van der Waals surface area contributed by atoms with Gasteiger partial charge in [-0.15, -0.1) is 0 Å². The van der Waals surface area contributed by atoms with Crippen molar-refractivity contribution in [2.45, 2.75) is 0 Å².